The van der Waals surface area contributed by atoms with Gasteiger partial charge >= 0.3 is 0 Å². The van der Waals surface area contributed by atoms with Crippen molar-refractivity contribution in [2.24, 2.45) is 5.92 Å². The van der Waals surface area contributed by atoms with E-state index in [1.807, 2.05) is 23.2 Å². The summed E-state index contributed by atoms with van der Waals surface area (Å²) in [4.78, 5) is 22.3. The van der Waals surface area contributed by atoms with E-state index in [9.17, 15) is 9.18 Å². The molecule has 1 saturated carbocycles. The van der Waals surface area contributed by atoms with Crippen LogP contribution in [0.15, 0.2) is 54.9 Å². The van der Waals surface area contributed by atoms with Crippen molar-refractivity contribution in [3.05, 3.63) is 71.8 Å². The summed E-state index contributed by atoms with van der Waals surface area (Å²) < 4.78 is 14.0. The Kier molecular flexibility index (Phi) is 3.81. The molecule has 2 aliphatic rings. The van der Waals surface area contributed by atoms with Crippen LogP contribution in [0.2, 0.25) is 0 Å². The van der Waals surface area contributed by atoms with Gasteiger partial charge in [0.05, 0.1) is 0 Å². The van der Waals surface area contributed by atoms with Crippen LogP contribution >= 0.6 is 0 Å². The lowest BCUT2D eigenvalue weighted by Gasteiger charge is -2.27. The monoisotopic (exact) mass is 361 g/mol. The van der Waals surface area contributed by atoms with Crippen molar-refractivity contribution in [2.75, 3.05) is 13.1 Å². The molecule has 2 aromatic heterocycles. The van der Waals surface area contributed by atoms with E-state index in [4.69, 9.17) is 0 Å². The number of hydrogen-bond acceptors (Lipinski definition) is 2. The molecule has 3 aromatic rings. The highest BCUT2D eigenvalue weighted by Gasteiger charge is 2.46. The molecule has 27 heavy (non-hydrogen) atoms. The number of nitrogens with zero attached hydrogens (tertiary/aromatic N) is 2. The topological polar surface area (TPSA) is 49.0 Å². The first kappa shape index (κ1) is 16.2. The summed E-state index contributed by atoms with van der Waals surface area (Å²) in [7, 11) is 0. The Hall–Kier alpha value is -2.95. The predicted molar refractivity (Wildman–Crippen MR) is 103 cm³/mol. The molecular formula is C22H20FN3O. The fourth-order valence-corrected chi connectivity index (χ4v) is 4.16. The normalized spacial score (nSPS) is 22.0. The fraction of sp³-hybridized carbons (Fsp3) is 0.273. The van der Waals surface area contributed by atoms with E-state index >= 15 is 0 Å². The molecule has 1 fully saturated rings. The lowest BCUT2D eigenvalue weighted by atomic mass is 9.99. The maximum absolute atomic E-state index is 14.0. The summed E-state index contributed by atoms with van der Waals surface area (Å²) >= 11 is 0. The highest BCUT2D eigenvalue weighted by atomic mass is 19.1. The maximum atomic E-state index is 14.0. The Bertz CT molecular complexity index is 1050. The molecule has 0 saturated heterocycles. The van der Waals surface area contributed by atoms with E-state index in [2.05, 4.69) is 22.1 Å². The van der Waals surface area contributed by atoms with Gasteiger partial charge in [0.25, 0.3) is 0 Å². The minimum absolute atomic E-state index is 0.0313. The van der Waals surface area contributed by atoms with E-state index in [1.165, 1.54) is 17.2 Å². The average Bonchev–Trinajstić information content (AvgIpc) is 3.38. The highest BCUT2D eigenvalue weighted by molar-refractivity contribution is 5.91. The number of carbonyl (C=O) groups excluding carboxylic acids is 1. The molecule has 2 atom stereocenters. The maximum Gasteiger partial charge on any atom is 0.226 e. The van der Waals surface area contributed by atoms with Gasteiger partial charge in [-0.1, -0.05) is 24.3 Å². The second-order valence-electron chi connectivity index (χ2n) is 7.34. The Morgan fingerprint density at radius 1 is 1.22 bits per heavy atom. The first-order valence-corrected chi connectivity index (χ1v) is 9.37. The minimum Gasteiger partial charge on any atom is -0.346 e. The summed E-state index contributed by atoms with van der Waals surface area (Å²) in [5.74, 6) is -0.0939. The van der Waals surface area contributed by atoms with Crippen LogP contribution in [-0.2, 0) is 4.79 Å². The van der Waals surface area contributed by atoms with Crippen molar-refractivity contribution in [1.82, 2.24) is 14.9 Å². The van der Waals surface area contributed by atoms with Gasteiger partial charge < -0.3 is 9.88 Å². The zero-order valence-corrected chi connectivity index (χ0v) is 14.9. The number of fused-ring (bicyclic) bond motifs is 1. The third kappa shape index (κ3) is 2.83. The number of benzene rings is 1. The van der Waals surface area contributed by atoms with Crippen molar-refractivity contribution in [1.29, 1.82) is 0 Å². The second kappa shape index (κ2) is 6.34. The molecule has 0 bridgehead atoms. The number of pyridine rings is 1. The van der Waals surface area contributed by atoms with Gasteiger partial charge in [0, 0.05) is 42.4 Å². The Morgan fingerprint density at radius 2 is 2.11 bits per heavy atom. The molecule has 1 N–H and O–H groups in total. The van der Waals surface area contributed by atoms with Crippen LogP contribution in [0.5, 0.6) is 0 Å². The van der Waals surface area contributed by atoms with Crippen molar-refractivity contribution in [2.45, 2.75) is 18.8 Å². The van der Waals surface area contributed by atoms with Gasteiger partial charge in [0.1, 0.15) is 11.5 Å². The largest absolute Gasteiger partial charge is 0.346 e. The molecule has 5 rings (SSSR count). The molecule has 136 valence electrons. The van der Waals surface area contributed by atoms with E-state index < -0.39 is 0 Å². The van der Waals surface area contributed by atoms with Gasteiger partial charge in [-0.15, -0.1) is 0 Å². The van der Waals surface area contributed by atoms with Crippen molar-refractivity contribution < 1.29 is 9.18 Å². The third-order valence-corrected chi connectivity index (χ3v) is 5.73. The number of rotatable bonds is 3. The number of aromatic nitrogens is 2. The molecule has 5 heteroatoms. The van der Waals surface area contributed by atoms with E-state index in [-0.39, 0.29) is 23.6 Å². The number of H-pyrrole nitrogens is 1. The molecule has 1 aliphatic carbocycles. The lowest BCUT2D eigenvalue weighted by Crippen LogP contribution is -2.36. The summed E-state index contributed by atoms with van der Waals surface area (Å²) in [5.41, 5.74) is 3.98. The Morgan fingerprint density at radius 3 is 2.93 bits per heavy atom. The number of carbonyl (C=O) groups is 1. The van der Waals surface area contributed by atoms with E-state index in [0.717, 1.165) is 23.9 Å². The van der Waals surface area contributed by atoms with Crippen LogP contribution in [0.3, 0.4) is 0 Å². The van der Waals surface area contributed by atoms with Crippen molar-refractivity contribution >= 4 is 22.5 Å². The third-order valence-electron chi connectivity index (χ3n) is 5.73. The molecule has 1 aliphatic heterocycles. The number of hydrogen-bond donors (Lipinski definition) is 1. The van der Waals surface area contributed by atoms with Crippen LogP contribution in [0, 0.1) is 11.7 Å². The summed E-state index contributed by atoms with van der Waals surface area (Å²) in [5, 5.41) is 1.12. The smallest absolute Gasteiger partial charge is 0.226 e. The predicted octanol–water partition coefficient (Wildman–Crippen LogP) is 4.12. The van der Waals surface area contributed by atoms with Gasteiger partial charge in [-0.2, -0.15) is 0 Å². The number of amides is 1. The van der Waals surface area contributed by atoms with Crippen molar-refractivity contribution in [3.8, 4) is 0 Å². The van der Waals surface area contributed by atoms with E-state index in [0.29, 0.717) is 18.7 Å². The van der Waals surface area contributed by atoms with Gasteiger partial charge in [0.15, 0.2) is 0 Å². The first-order chi connectivity index (χ1) is 13.2. The molecule has 0 unspecified atom stereocenters. The van der Waals surface area contributed by atoms with Crippen molar-refractivity contribution in [3.63, 3.8) is 0 Å². The van der Waals surface area contributed by atoms with Crippen LogP contribution in [-0.4, -0.2) is 33.9 Å². The standard InChI is InChI=1S/C22H20FN3O/c23-20-6-2-1-4-15(20)17-12-18(17)22(27)26-10-7-14(8-11-26)19-13-25-21-16(19)5-3-9-24-21/h1-7,9,13,17-18H,8,10-12H2,(H,24,25)/t17-,18-/m0/s1. The minimum atomic E-state index is -0.202. The Balaban J connectivity index is 1.29. The van der Waals surface area contributed by atoms with Crippen LogP contribution in [0.4, 0.5) is 4.39 Å². The first-order valence-electron chi connectivity index (χ1n) is 9.37. The average molecular weight is 361 g/mol. The molecule has 0 spiro atoms. The number of aromatic amines is 1. The summed E-state index contributed by atoms with van der Waals surface area (Å²) in [6.45, 7) is 1.32. The van der Waals surface area contributed by atoms with Gasteiger partial charge in [-0.05, 0) is 48.1 Å². The zero-order chi connectivity index (χ0) is 18.4. The molecular weight excluding hydrogens is 341 g/mol. The molecule has 4 nitrogen and oxygen atoms in total. The number of halogens is 1. The SMILES string of the molecule is O=C([C@H]1C[C@H]1c1ccccc1F)N1CC=C(c2c[nH]c3ncccc23)CC1. The van der Waals surface area contributed by atoms with Crippen LogP contribution in [0.1, 0.15) is 29.9 Å². The second-order valence-corrected chi connectivity index (χ2v) is 7.34. The lowest BCUT2D eigenvalue weighted by molar-refractivity contribution is -0.132. The summed E-state index contributed by atoms with van der Waals surface area (Å²) in [6, 6.07) is 10.8. The zero-order valence-electron chi connectivity index (χ0n) is 14.9. The molecule has 0 radical (unpaired) electrons. The molecule has 3 heterocycles. The Labute approximate surface area is 156 Å². The summed E-state index contributed by atoms with van der Waals surface area (Å²) in [6.07, 6.45) is 7.49. The van der Waals surface area contributed by atoms with E-state index in [1.54, 1.807) is 18.3 Å². The number of nitrogens with one attached hydrogen (secondary N) is 1. The quantitative estimate of drug-likeness (QED) is 0.763. The van der Waals surface area contributed by atoms with Gasteiger partial charge in [0.2, 0.25) is 5.91 Å². The van der Waals surface area contributed by atoms with Gasteiger partial charge in [-0.3, -0.25) is 4.79 Å². The molecule has 1 aromatic carbocycles. The van der Waals surface area contributed by atoms with Gasteiger partial charge in [-0.25, -0.2) is 9.37 Å². The van der Waals surface area contributed by atoms with Crippen LogP contribution < -0.4 is 0 Å². The van der Waals surface area contributed by atoms with Crippen LogP contribution in [0.25, 0.3) is 16.6 Å². The molecule has 1 amide bonds. The fourth-order valence-electron chi connectivity index (χ4n) is 4.16. The highest BCUT2D eigenvalue weighted by Crippen LogP contribution is 2.49.